The molecular weight excluding hydrogens is 273 g/mol. The summed E-state index contributed by atoms with van der Waals surface area (Å²) in [7, 11) is 0. The number of hydrogen-bond acceptors (Lipinski definition) is 3. The van der Waals surface area contributed by atoms with Gasteiger partial charge >= 0.3 is 6.18 Å². The topological polar surface area (TPSA) is 47.3 Å². The SMILES string of the molecule is OC(COc1ccccc1C(F)(F)F)Cn1cccn1. The number of aliphatic hydroxyl groups excluding tert-OH is 1. The molecule has 0 aliphatic heterocycles. The molecular formula is C13H13F3N2O2. The van der Waals surface area contributed by atoms with Crippen LogP contribution in [0.3, 0.4) is 0 Å². The van der Waals surface area contributed by atoms with Crippen molar-refractivity contribution in [3.8, 4) is 5.75 Å². The van der Waals surface area contributed by atoms with Crippen LogP contribution in [-0.4, -0.2) is 27.6 Å². The highest BCUT2D eigenvalue weighted by molar-refractivity contribution is 5.35. The Morgan fingerprint density at radius 2 is 2.00 bits per heavy atom. The van der Waals surface area contributed by atoms with Crippen LogP contribution in [0.15, 0.2) is 42.7 Å². The van der Waals surface area contributed by atoms with Gasteiger partial charge in [0.1, 0.15) is 18.5 Å². The van der Waals surface area contributed by atoms with Gasteiger partial charge < -0.3 is 9.84 Å². The molecule has 4 nitrogen and oxygen atoms in total. The van der Waals surface area contributed by atoms with Gasteiger partial charge in [0.25, 0.3) is 0 Å². The molecule has 1 aromatic carbocycles. The lowest BCUT2D eigenvalue weighted by molar-refractivity contribution is -0.139. The average molecular weight is 286 g/mol. The Balaban J connectivity index is 1.97. The summed E-state index contributed by atoms with van der Waals surface area (Å²) in [6, 6.07) is 6.59. The smallest absolute Gasteiger partial charge is 0.419 e. The van der Waals surface area contributed by atoms with Crippen molar-refractivity contribution in [1.82, 2.24) is 9.78 Å². The van der Waals surface area contributed by atoms with Crippen LogP contribution in [0, 0.1) is 0 Å². The predicted octanol–water partition coefficient (Wildman–Crippen LogP) is 2.34. The van der Waals surface area contributed by atoms with Crippen molar-refractivity contribution in [2.75, 3.05) is 6.61 Å². The van der Waals surface area contributed by atoms with Crippen molar-refractivity contribution < 1.29 is 23.0 Å². The second-order valence-electron chi connectivity index (χ2n) is 4.19. The minimum absolute atomic E-state index is 0.154. The van der Waals surface area contributed by atoms with E-state index in [1.165, 1.54) is 22.9 Å². The highest BCUT2D eigenvalue weighted by atomic mass is 19.4. The van der Waals surface area contributed by atoms with Gasteiger partial charge in [0.05, 0.1) is 12.1 Å². The van der Waals surface area contributed by atoms with E-state index in [1.54, 1.807) is 18.5 Å². The molecule has 0 radical (unpaired) electrons. The molecule has 0 bridgehead atoms. The van der Waals surface area contributed by atoms with Crippen molar-refractivity contribution in [3.63, 3.8) is 0 Å². The summed E-state index contributed by atoms with van der Waals surface area (Å²) in [6.45, 7) is -0.0891. The number of para-hydroxylation sites is 1. The van der Waals surface area contributed by atoms with Gasteiger partial charge in [-0.1, -0.05) is 12.1 Å². The second-order valence-corrected chi connectivity index (χ2v) is 4.19. The molecule has 1 aromatic heterocycles. The number of benzene rings is 1. The number of ether oxygens (including phenoxy) is 1. The molecule has 1 atom stereocenters. The second kappa shape index (κ2) is 5.96. The molecule has 0 fully saturated rings. The number of aromatic nitrogens is 2. The summed E-state index contributed by atoms with van der Waals surface area (Å²) < 4.78 is 44.7. The molecule has 0 saturated carbocycles. The molecule has 0 aliphatic carbocycles. The summed E-state index contributed by atoms with van der Waals surface area (Å²) in [5, 5.41) is 13.6. The lowest BCUT2D eigenvalue weighted by Gasteiger charge is -2.16. The van der Waals surface area contributed by atoms with E-state index in [0.29, 0.717) is 0 Å². The van der Waals surface area contributed by atoms with Gasteiger partial charge in [-0.3, -0.25) is 4.68 Å². The van der Waals surface area contributed by atoms with Gasteiger partial charge in [-0.15, -0.1) is 0 Å². The van der Waals surface area contributed by atoms with Crippen molar-refractivity contribution in [3.05, 3.63) is 48.3 Å². The van der Waals surface area contributed by atoms with Crippen LogP contribution in [0.5, 0.6) is 5.75 Å². The zero-order valence-electron chi connectivity index (χ0n) is 10.4. The average Bonchev–Trinajstić information content (AvgIpc) is 2.88. The number of aliphatic hydroxyl groups is 1. The maximum absolute atomic E-state index is 12.7. The molecule has 0 spiro atoms. The lowest BCUT2D eigenvalue weighted by atomic mass is 10.2. The normalized spacial score (nSPS) is 13.2. The minimum atomic E-state index is -4.48. The first-order valence-electron chi connectivity index (χ1n) is 5.91. The Labute approximate surface area is 113 Å². The molecule has 20 heavy (non-hydrogen) atoms. The van der Waals surface area contributed by atoms with Crippen LogP contribution >= 0.6 is 0 Å². The Kier molecular flexibility index (Phi) is 4.29. The third-order valence-corrected chi connectivity index (χ3v) is 2.58. The molecule has 0 amide bonds. The van der Waals surface area contributed by atoms with Gasteiger partial charge in [0.15, 0.2) is 0 Å². The molecule has 2 aromatic rings. The predicted molar refractivity (Wildman–Crippen MR) is 65.2 cm³/mol. The Morgan fingerprint density at radius 1 is 1.25 bits per heavy atom. The molecule has 1 unspecified atom stereocenters. The molecule has 0 saturated heterocycles. The zero-order chi connectivity index (χ0) is 14.6. The fourth-order valence-corrected chi connectivity index (χ4v) is 1.69. The van der Waals surface area contributed by atoms with E-state index in [-0.39, 0.29) is 18.9 Å². The third-order valence-electron chi connectivity index (χ3n) is 2.58. The maximum Gasteiger partial charge on any atom is 0.419 e. The summed E-state index contributed by atoms with van der Waals surface area (Å²) in [6.07, 6.45) is -2.24. The van der Waals surface area contributed by atoms with Crippen LogP contribution in [0.25, 0.3) is 0 Å². The van der Waals surface area contributed by atoms with Crippen molar-refractivity contribution in [2.45, 2.75) is 18.8 Å². The fraction of sp³-hybridized carbons (Fsp3) is 0.308. The van der Waals surface area contributed by atoms with E-state index in [1.807, 2.05) is 0 Å². The Bertz CT molecular complexity index is 541. The van der Waals surface area contributed by atoms with Crippen molar-refractivity contribution >= 4 is 0 Å². The Morgan fingerprint density at radius 3 is 2.65 bits per heavy atom. The van der Waals surface area contributed by atoms with Crippen LogP contribution < -0.4 is 4.74 Å². The van der Waals surface area contributed by atoms with Crippen LogP contribution in [0.4, 0.5) is 13.2 Å². The van der Waals surface area contributed by atoms with Crippen LogP contribution in [-0.2, 0) is 12.7 Å². The van der Waals surface area contributed by atoms with Gasteiger partial charge in [0.2, 0.25) is 0 Å². The first kappa shape index (κ1) is 14.4. The molecule has 1 N–H and O–H groups in total. The standard InChI is InChI=1S/C13H13F3N2O2/c14-13(15,16)11-4-1-2-5-12(11)20-9-10(19)8-18-7-3-6-17-18/h1-7,10,19H,8-9H2. The van der Waals surface area contributed by atoms with E-state index in [0.717, 1.165) is 6.07 Å². The van der Waals surface area contributed by atoms with Crippen molar-refractivity contribution in [1.29, 1.82) is 0 Å². The van der Waals surface area contributed by atoms with Gasteiger partial charge in [-0.05, 0) is 18.2 Å². The summed E-state index contributed by atoms with van der Waals surface area (Å²) in [5.74, 6) is -0.292. The zero-order valence-corrected chi connectivity index (χ0v) is 10.4. The number of halogens is 3. The van der Waals surface area contributed by atoms with E-state index in [9.17, 15) is 18.3 Å². The minimum Gasteiger partial charge on any atom is -0.490 e. The van der Waals surface area contributed by atoms with E-state index in [4.69, 9.17) is 4.74 Å². The van der Waals surface area contributed by atoms with Gasteiger partial charge in [-0.2, -0.15) is 18.3 Å². The molecule has 108 valence electrons. The quantitative estimate of drug-likeness (QED) is 0.917. The van der Waals surface area contributed by atoms with Crippen LogP contribution in [0.2, 0.25) is 0 Å². The number of nitrogens with zero attached hydrogens (tertiary/aromatic N) is 2. The summed E-state index contributed by atoms with van der Waals surface area (Å²) in [4.78, 5) is 0. The molecule has 0 aliphatic rings. The fourth-order valence-electron chi connectivity index (χ4n) is 1.69. The monoisotopic (exact) mass is 286 g/mol. The highest BCUT2D eigenvalue weighted by Crippen LogP contribution is 2.35. The summed E-state index contributed by atoms with van der Waals surface area (Å²) >= 11 is 0. The number of rotatable bonds is 5. The van der Waals surface area contributed by atoms with Gasteiger partial charge in [-0.25, -0.2) is 0 Å². The van der Waals surface area contributed by atoms with Crippen molar-refractivity contribution in [2.24, 2.45) is 0 Å². The van der Waals surface area contributed by atoms with E-state index in [2.05, 4.69) is 5.10 Å². The number of alkyl halides is 3. The van der Waals surface area contributed by atoms with Gasteiger partial charge in [0, 0.05) is 12.4 Å². The van der Waals surface area contributed by atoms with E-state index >= 15 is 0 Å². The van der Waals surface area contributed by atoms with Crippen LogP contribution in [0.1, 0.15) is 5.56 Å². The molecule has 7 heteroatoms. The lowest BCUT2D eigenvalue weighted by Crippen LogP contribution is -2.24. The summed E-state index contributed by atoms with van der Waals surface area (Å²) in [5.41, 5.74) is -0.855. The first-order chi connectivity index (χ1) is 9.47. The van der Waals surface area contributed by atoms with E-state index < -0.39 is 17.8 Å². The number of hydrogen-bond donors (Lipinski definition) is 1. The third kappa shape index (κ3) is 3.74. The Hall–Kier alpha value is -2.02. The highest BCUT2D eigenvalue weighted by Gasteiger charge is 2.34. The largest absolute Gasteiger partial charge is 0.490 e. The maximum atomic E-state index is 12.7. The first-order valence-corrected chi connectivity index (χ1v) is 5.91. The molecule has 1 heterocycles. The molecule has 2 rings (SSSR count).